The molecule has 1 atom stereocenters. The van der Waals surface area contributed by atoms with Gasteiger partial charge in [0.05, 0.1) is 17.0 Å². The SMILES string of the molecule is CCCCNC(=O)C(C)N(Cc1cccc(Cl)c1)C(=O)CN(c1ccc(F)c(Cl)c1)S(C)(=O)=O. The van der Waals surface area contributed by atoms with E-state index < -0.39 is 34.3 Å². The van der Waals surface area contributed by atoms with Crippen molar-refractivity contribution in [2.75, 3.05) is 23.7 Å². The zero-order chi connectivity index (χ0) is 25.5. The van der Waals surface area contributed by atoms with Gasteiger partial charge >= 0.3 is 0 Å². The van der Waals surface area contributed by atoms with E-state index in [0.717, 1.165) is 35.5 Å². The summed E-state index contributed by atoms with van der Waals surface area (Å²) in [6.07, 6.45) is 2.61. The number of amides is 2. The molecule has 7 nitrogen and oxygen atoms in total. The Hall–Kier alpha value is -2.36. The van der Waals surface area contributed by atoms with Crippen LogP contribution in [0.25, 0.3) is 0 Å². The Morgan fingerprint density at radius 3 is 2.44 bits per heavy atom. The lowest BCUT2D eigenvalue weighted by atomic mass is 10.1. The number of rotatable bonds is 11. The van der Waals surface area contributed by atoms with Crippen LogP contribution in [0.4, 0.5) is 10.1 Å². The number of unbranched alkanes of at least 4 members (excludes halogenated alkanes) is 1. The van der Waals surface area contributed by atoms with Crippen molar-refractivity contribution in [1.29, 1.82) is 0 Å². The van der Waals surface area contributed by atoms with Crippen molar-refractivity contribution >= 4 is 50.7 Å². The standard InChI is InChI=1S/C23H28Cl2FN3O4S/c1-4-5-11-27-23(31)16(2)28(14-17-7-6-8-18(24)12-17)22(30)15-29(34(3,32)33)19-9-10-21(26)20(25)13-19/h6-10,12-13,16H,4-5,11,14-15H2,1-3H3,(H,27,31). The lowest BCUT2D eigenvalue weighted by Gasteiger charge is -2.31. The highest BCUT2D eigenvalue weighted by Crippen LogP contribution is 2.25. The van der Waals surface area contributed by atoms with Crippen LogP contribution in [0.1, 0.15) is 32.3 Å². The Kier molecular flexibility index (Phi) is 10.1. The Labute approximate surface area is 209 Å². The van der Waals surface area contributed by atoms with Crippen LogP contribution in [0, 0.1) is 5.82 Å². The maximum absolute atomic E-state index is 13.6. The predicted molar refractivity (Wildman–Crippen MR) is 133 cm³/mol. The molecule has 34 heavy (non-hydrogen) atoms. The van der Waals surface area contributed by atoms with E-state index in [2.05, 4.69) is 5.32 Å². The van der Waals surface area contributed by atoms with Crippen LogP contribution >= 0.6 is 23.2 Å². The molecule has 2 amide bonds. The third-order valence-corrected chi connectivity index (χ3v) is 6.77. The van der Waals surface area contributed by atoms with Crippen molar-refractivity contribution < 1.29 is 22.4 Å². The molecule has 0 aliphatic carbocycles. The minimum Gasteiger partial charge on any atom is -0.354 e. The van der Waals surface area contributed by atoms with Crippen LogP contribution in [0.15, 0.2) is 42.5 Å². The highest BCUT2D eigenvalue weighted by atomic mass is 35.5. The van der Waals surface area contributed by atoms with Gasteiger partial charge in [0.25, 0.3) is 0 Å². The fourth-order valence-corrected chi connectivity index (χ4v) is 4.43. The number of anilines is 1. The zero-order valence-electron chi connectivity index (χ0n) is 19.2. The highest BCUT2D eigenvalue weighted by molar-refractivity contribution is 7.92. The lowest BCUT2D eigenvalue weighted by molar-refractivity contribution is -0.139. The molecular weight excluding hydrogens is 504 g/mol. The van der Waals surface area contributed by atoms with Gasteiger partial charge in [-0.05, 0) is 49.2 Å². The summed E-state index contributed by atoms with van der Waals surface area (Å²) >= 11 is 11.9. The van der Waals surface area contributed by atoms with Gasteiger partial charge in [0.2, 0.25) is 21.8 Å². The summed E-state index contributed by atoms with van der Waals surface area (Å²) in [4.78, 5) is 27.4. The Balaban J connectivity index is 2.37. The third-order valence-electron chi connectivity index (χ3n) is 5.11. The van der Waals surface area contributed by atoms with Gasteiger partial charge in [-0.15, -0.1) is 0 Å². The van der Waals surface area contributed by atoms with E-state index in [1.165, 1.54) is 11.0 Å². The lowest BCUT2D eigenvalue weighted by Crippen LogP contribution is -2.51. The molecule has 0 fully saturated rings. The molecule has 0 saturated heterocycles. The average Bonchev–Trinajstić information content (AvgIpc) is 2.76. The van der Waals surface area contributed by atoms with E-state index in [-0.39, 0.29) is 23.2 Å². The van der Waals surface area contributed by atoms with Crippen molar-refractivity contribution in [3.8, 4) is 0 Å². The average molecular weight is 532 g/mol. The van der Waals surface area contributed by atoms with Crippen molar-refractivity contribution in [2.24, 2.45) is 0 Å². The van der Waals surface area contributed by atoms with Crippen molar-refractivity contribution in [3.63, 3.8) is 0 Å². The van der Waals surface area contributed by atoms with Gasteiger partial charge in [0.15, 0.2) is 0 Å². The third kappa shape index (κ3) is 7.85. The smallest absolute Gasteiger partial charge is 0.244 e. The minimum absolute atomic E-state index is 0.0313. The Morgan fingerprint density at radius 1 is 1.15 bits per heavy atom. The van der Waals surface area contributed by atoms with Crippen LogP contribution in [-0.4, -0.2) is 50.5 Å². The zero-order valence-corrected chi connectivity index (χ0v) is 21.6. The number of sulfonamides is 1. The second-order valence-electron chi connectivity index (χ2n) is 7.84. The fraction of sp³-hybridized carbons (Fsp3) is 0.391. The maximum Gasteiger partial charge on any atom is 0.244 e. The molecular formula is C23H28Cl2FN3O4S. The van der Waals surface area contributed by atoms with Crippen LogP contribution < -0.4 is 9.62 Å². The first kappa shape index (κ1) is 27.9. The molecule has 11 heteroatoms. The largest absolute Gasteiger partial charge is 0.354 e. The van der Waals surface area contributed by atoms with Crippen LogP contribution in [0.2, 0.25) is 10.0 Å². The summed E-state index contributed by atoms with van der Waals surface area (Å²) in [6.45, 7) is 3.45. The minimum atomic E-state index is -3.94. The van der Waals surface area contributed by atoms with Gasteiger partial charge in [-0.3, -0.25) is 13.9 Å². The van der Waals surface area contributed by atoms with Crippen molar-refractivity contribution in [1.82, 2.24) is 10.2 Å². The molecule has 0 bridgehead atoms. The molecule has 1 unspecified atom stereocenters. The van der Waals surface area contributed by atoms with E-state index in [9.17, 15) is 22.4 Å². The molecule has 1 N–H and O–H groups in total. The molecule has 2 aromatic carbocycles. The van der Waals surface area contributed by atoms with Gasteiger partial charge in [0, 0.05) is 18.1 Å². The molecule has 2 aromatic rings. The molecule has 0 radical (unpaired) electrons. The van der Waals surface area contributed by atoms with Gasteiger partial charge in [-0.1, -0.05) is 48.7 Å². The summed E-state index contributed by atoms with van der Waals surface area (Å²) in [7, 11) is -3.94. The molecule has 0 aliphatic rings. The number of nitrogens with zero attached hydrogens (tertiary/aromatic N) is 2. The van der Waals surface area contributed by atoms with E-state index in [0.29, 0.717) is 17.1 Å². The molecule has 0 aromatic heterocycles. The van der Waals surface area contributed by atoms with Crippen LogP contribution in [0.3, 0.4) is 0 Å². The maximum atomic E-state index is 13.6. The van der Waals surface area contributed by atoms with E-state index in [1.54, 1.807) is 31.2 Å². The summed E-state index contributed by atoms with van der Waals surface area (Å²) < 4.78 is 39.4. The van der Waals surface area contributed by atoms with Crippen molar-refractivity contribution in [2.45, 2.75) is 39.3 Å². The molecule has 0 saturated carbocycles. The first-order valence-electron chi connectivity index (χ1n) is 10.7. The highest BCUT2D eigenvalue weighted by Gasteiger charge is 2.30. The number of nitrogens with one attached hydrogen (secondary N) is 1. The van der Waals surface area contributed by atoms with Crippen LogP contribution in [-0.2, 0) is 26.2 Å². The number of hydrogen-bond acceptors (Lipinski definition) is 4. The number of hydrogen-bond donors (Lipinski definition) is 1. The molecule has 186 valence electrons. The quantitative estimate of drug-likeness (QED) is 0.439. The number of halogens is 3. The van der Waals surface area contributed by atoms with Crippen molar-refractivity contribution in [3.05, 3.63) is 63.9 Å². The number of benzene rings is 2. The fourth-order valence-electron chi connectivity index (χ4n) is 3.20. The first-order chi connectivity index (χ1) is 15.9. The van der Waals surface area contributed by atoms with Crippen LogP contribution in [0.5, 0.6) is 0 Å². The molecule has 0 aliphatic heterocycles. The summed E-state index contributed by atoms with van der Waals surface area (Å²) in [5.74, 6) is -1.70. The van der Waals surface area contributed by atoms with E-state index in [1.807, 2.05) is 6.92 Å². The second-order valence-corrected chi connectivity index (χ2v) is 10.6. The topological polar surface area (TPSA) is 86.8 Å². The van der Waals surface area contributed by atoms with Gasteiger partial charge in [-0.2, -0.15) is 0 Å². The summed E-state index contributed by atoms with van der Waals surface area (Å²) in [5.41, 5.74) is 0.704. The first-order valence-corrected chi connectivity index (χ1v) is 13.3. The summed E-state index contributed by atoms with van der Waals surface area (Å²) in [5, 5.41) is 2.98. The number of carbonyl (C=O) groups is 2. The van der Waals surface area contributed by atoms with Gasteiger partial charge in [-0.25, -0.2) is 12.8 Å². The monoisotopic (exact) mass is 531 g/mol. The van der Waals surface area contributed by atoms with E-state index >= 15 is 0 Å². The number of carbonyl (C=O) groups excluding carboxylic acids is 2. The van der Waals surface area contributed by atoms with Gasteiger partial charge in [0.1, 0.15) is 18.4 Å². The molecule has 2 rings (SSSR count). The van der Waals surface area contributed by atoms with E-state index in [4.69, 9.17) is 23.2 Å². The normalized spacial score (nSPS) is 12.2. The van der Waals surface area contributed by atoms with Gasteiger partial charge < -0.3 is 10.2 Å². The Morgan fingerprint density at radius 2 is 1.85 bits per heavy atom. The molecule has 0 heterocycles. The Bertz CT molecular complexity index is 1130. The summed E-state index contributed by atoms with van der Waals surface area (Å²) in [6, 6.07) is 9.30. The second kappa shape index (κ2) is 12.4. The predicted octanol–water partition coefficient (Wildman–Crippen LogP) is 4.23. The molecule has 0 spiro atoms.